The smallest absolute Gasteiger partial charge is 0.246 e. The van der Waals surface area contributed by atoms with Crippen LogP contribution in [0.25, 0.3) is 0 Å². The van der Waals surface area contributed by atoms with E-state index >= 15 is 0 Å². The number of hydrogen-bond acceptors (Lipinski definition) is 3. The Hall–Kier alpha value is -0.610. The molecule has 1 rings (SSSR count). The van der Waals surface area contributed by atoms with Crippen molar-refractivity contribution in [3.05, 3.63) is 0 Å². The molecule has 2 N–H and O–H groups in total. The van der Waals surface area contributed by atoms with Gasteiger partial charge in [0, 0.05) is 12.6 Å². The van der Waals surface area contributed by atoms with Gasteiger partial charge in [-0.25, -0.2) is 0 Å². The molecular formula is C15H30N2O2. The van der Waals surface area contributed by atoms with E-state index in [-0.39, 0.29) is 18.6 Å². The van der Waals surface area contributed by atoms with Gasteiger partial charge in [0.25, 0.3) is 0 Å². The standard InChI is InChI=1S/C15H30N2O2/c1-4-9-16-13-5-7-14(8-6-13)19-11-15(18)17-10-12(2)3/h12-14,16H,4-11H2,1-3H3,(H,17,18). The summed E-state index contributed by atoms with van der Waals surface area (Å²) in [6.45, 7) is 8.42. The van der Waals surface area contributed by atoms with Crippen molar-refractivity contribution >= 4 is 5.91 Å². The van der Waals surface area contributed by atoms with Gasteiger partial charge in [-0.15, -0.1) is 0 Å². The lowest BCUT2D eigenvalue weighted by molar-refractivity contribution is -0.128. The SMILES string of the molecule is CCCNC1CCC(OCC(=O)NCC(C)C)CC1. The highest BCUT2D eigenvalue weighted by atomic mass is 16.5. The molecule has 19 heavy (non-hydrogen) atoms. The van der Waals surface area contributed by atoms with E-state index in [1.54, 1.807) is 0 Å². The van der Waals surface area contributed by atoms with Crippen molar-refractivity contribution in [3.8, 4) is 0 Å². The van der Waals surface area contributed by atoms with E-state index in [2.05, 4.69) is 31.4 Å². The maximum absolute atomic E-state index is 11.5. The van der Waals surface area contributed by atoms with Crippen LogP contribution in [0.2, 0.25) is 0 Å². The first-order valence-corrected chi connectivity index (χ1v) is 7.73. The minimum Gasteiger partial charge on any atom is -0.368 e. The van der Waals surface area contributed by atoms with Crippen molar-refractivity contribution in [1.82, 2.24) is 10.6 Å². The molecule has 0 aromatic rings. The van der Waals surface area contributed by atoms with Crippen LogP contribution in [0.1, 0.15) is 52.9 Å². The van der Waals surface area contributed by atoms with Crippen LogP contribution in [0, 0.1) is 5.92 Å². The molecule has 112 valence electrons. The monoisotopic (exact) mass is 270 g/mol. The first kappa shape index (κ1) is 16.4. The van der Waals surface area contributed by atoms with Gasteiger partial charge < -0.3 is 15.4 Å². The summed E-state index contributed by atoms with van der Waals surface area (Å²) in [5, 5.41) is 6.44. The van der Waals surface area contributed by atoms with Gasteiger partial charge in [0.15, 0.2) is 0 Å². The van der Waals surface area contributed by atoms with Crippen LogP contribution in [0.3, 0.4) is 0 Å². The Morgan fingerprint density at radius 2 is 1.95 bits per heavy atom. The molecule has 0 aromatic heterocycles. The maximum Gasteiger partial charge on any atom is 0.246 e. The lowest BCUT2D eigenvalue weighted by Crippen LogP contribution is -2.37. The number of carbonyl (C=O) groups is 1. The lowest BCUT2D eigenvalue weighted by Gasteiger charge is -2.29. The molecule has 0 atom stereocenters. The first-order valence-electron chi connectivity index (χ1n) is 7.73. The fraction of sp³-hybridized carbons (Fsp3) is 0.933. The third kappa shape index (κ3) is 7.53. The summed E-state index contributed by atoms with van der Waals surface area (Å²) in [5.74, 6) is 0.504. The Morgan fingerprint density at radius 3 is 2.53 bits per heavy atom. The highest BCUT2D eigenvalue weighted by Gasteiger charge is 2.21. The molecular weight excluding hydrogens is 240 g/mol. The summed E-state index contributed by atoms with van der Waals surface area (Å²) in [6, 6.07) is 0.648. The van der Waals surface area contributed by atoms with Gasteiger partial charge in [0.1, 0.15) is 6.61 Å². The van der Waals surface area contributed by atoms with E-state index in [9.17, 15) is 4.79 Å². The molecule has 1 aliphatic rings. The zero-order valence-corrected chi connectivity index (χ0v) is 12.7. The zero-order chi connectivity index (χ0) is 14.1. The van der Waals surface area contributed by atoms with Crippen LogP contribution in [-0.2, 0) is 9.53 Å². The molecule has 1 fully saturated rings. The van der Waals surface area contributed by atoms with Gasteiger partial charge in [-0.3, -0.25) is 4.79 Å². The van der Waals surface area contributed by atoms with E-state index in [1.807, 2.05) is 0 Å². The Labute approximate surface area is 117 Å². The second-order valence-electron chi connectivity index (χ2n) is 5.94. The van der Waals surface area contributed by atoms with Gasteiger partial charge in [0.2, 0.25) is 5.91 Å². The summed E-state index contributed by atoms with van der Waals surface area (Å²) in [7, 11) is 0. The number of amides is 1. The van der Waals surface area contributed by atoms with Gasteiger partial charge in [-0.05, 0) is 44.6 Å². The summed E-state index contributed by atoms with van der Waals surface area (Å²) in [5.41, 5.74) is 0. The fourth-order valence-corrected chi connectivity index (χ4v) is 2.34. The highest BCUT2D eigenvalue weighted by Crippen LogP contribution is 2.21. The van der Waals surface area contributed by atoms with E-state index in [0.717, 1.165) is 38.8 Å². The Balaban J connectivity index is 2.07. The van der Waals surface area contributed by atoms with Crippen molar-refractivity contribution < 1.29 is 9.53 Å². The highest BCUT2D eigenvalue weighted by molar-refractivity contribution is 5.77. The average molecular weight is 270 g/mol. The summed E-state index contributed by atoms with van der Waals surface area (Å²) in [4.78, 5) is 11.5. The molecule has 1 saturated carbocycles. The molecule has 0 spiro atoms. The van der Waals surface area contributed by atoms with Gasteiger partial charge in [-0.2, -0.15) is 0 Å². The molecule has 0 aliphatic heterocycles. The van der Waals surface area contributed by atoms with E-state index in [1.165, 1.54) is 6.42 Å². The molecule has 0 bridgehead atoms. The molecule has 0 radical (unpaired) electrons. The Morgan fingerprint density at radius 1 is 1.26 bits per heavy atom. The Kier molecular flexibility index (Phi) is 8.07. The number of hydrogen-bond donors (Lipinski definition) is 2. The van der Waals surface area contributed by atoms with Crippen LogP contribution < -0.4 is 10.6 Å². The average Bonchev–Trinajstić information content (AvgIpc) is 2.41. The van der Waals surface area contributed by atoms with Crippen molar-refractivity contribution in [1.29, 1.82) is 0 Å². The van der Waals surface area contributed by atoms with Crippen molar-refractivity contribution in [2.24, 2.45) is 5.92 Å². The third-order valence-electron chi connectivity index (χ3n) is 3.51. The van der Waals surface area contributed by atoms with Crippen LogP contribution in [0.4, 0.5) is 0 Å². The second kappa shape index (κ2) is 9.32. The van der Waals surface area contributed by atoms with Gasteiger partial charge in [-0.1, -0.05) is 20.8 Å². The number of nitrogens with one attached hydrogen (secondary N) is 2. The van der Waals surface area contributed by atoms with Crippen LogP contribution in [-0.4, -0.2) is 37.7 Å². The molecule has 4 nitrogen and oxygen atoms in total. The van der Waals surface area contributed by atoms with E-state index in [4.69, 9.17) is 4.74 Å². The number of carbonyl (C=O) groups excluding carboxylic acids is 1. The lowest BCUT2D eigenvalue weighted by atomic mass is 9.93. The minimum atomic E-state index is 0.0138. The second-order valence-corrected chi connectivity index (χ2v) is 5.94. The third-order valence-corrected chi connectivity index (χ3v) is 3.51. The van der Waals surface area contributed by atoms with Crippen LogP contribution >= 0.6 is 0 Å². The van der Waals surface area contributed by atoms with Gasteiger partial charge in [0.05, 0.1) is 6.10 Å². The largest absolute Gasteiger partial charge is 0.368 e. The fourth-order valence-electron chi connectivity index (χ4n) is 2.34. The summed E-state index contributed by atoms with van der Waals surface area (Å²) >= 11 is 0. The quantitative estimate of drug-likeness (QED) is 0.710. The van der Waals surface area contributed by atoms with Crippen molar-refractivity contribution in [3.63, 3.8) is 0 Å². The predicted octanol–water partition coefficient (Wildman–Crippen LogP) is 2.09. The first-order chi connectivity index (χ1) is 9.11. The summed E-state index contributed by atoms with van der Waals surface area (Å²) < 4.78 is 5.69. The molecule has 0 heterocycles. The van der Waals surface area contributed by atoms with Crippen molar-refractivity contribution in [2.45, 2.75) is 65.0 Å². The van der Waals surface area contributed by atoms with Gasteiger partial charge >= 0.3 is 0 Å². The molecule has 1 aliphatic carbocycles. The van der Waals surface area contributed by atoms with E-state index in [0.29, 0.717) is 12.0 Å². The topological polar surface area (TPSA) is 50.4 Å². The Bertz CT molecular complexity index is 249. The minimum absolute atomic E-state index is 0.0138. The normalized spacial score (nSPS) is 23.6. The van der Waals surface area contributed by atoms with Crippen LogP contribution in [0.5, 0.6) is 0 Å². The molecule has 0 aromatic carbocycles. The zero-order valence-electron chi connectivity index (χ0n) is 12.7. The summed E-state index contributed by atoms with van der Waals surface area (Å²) in [6.07, 6.45) is 5.92. The predicted molar refractivity (Wildman–Crippen MR) is 78.1 cm³/mol. The number of rotatable bonds is 8. The van der Waals surface area contributed by atoms with Crippen LogP contribution in [0.15, 0.2) is 0 Å². The maximum atomic E-state index is 11.5. The molecule has 1 amide bonds. The van der Waals surface area contributed by atoms with E-state index < -0.39 is 0 Å². The number of ether oxygens (including phenoxy) is 1. The molecule has 0 unspecified atom stereocenters. The van der Waals surface area contributed by atoms with Crippen molar-refractivity contribution in [2.75, 3.05) is 19.7 Å². The molecule has 4 heteroatoms. The molecule has 0 saturated heterocycles.